The van der Waals surface area contributed by atoms with Gasteiger partial charge in [0.2, 0.25) is 5.91 Å². The third kappa shape index (κ3) is 1.63. The second-order valence-electron chi connectivity index (χ2n) is 4.68. The summed E-state index contributed by atoms with van der Waals surface area (Å²) in [5.74, 6) is 0.134. The fraction of sp³-hybridized carbons (Fsp3) is 0.417. The van der Waals surface area contributed by atoms with Gasteiger partial charge in [-0.15, -0.1) is 0 Å². The molecule has 2 atom stereocenters. The van der Waals surface area contributed by atoms with Crippen LogP contribution in [0.15, 0.2) is 12.1 Å². The minimum Gasteiger partial charge on any atom is -0.358 e. The first-order chi connectivity index (χ1) is 8.08. The summed E-state index contributed by atoms with van der Waals surface area (Å²) in [6.07, 6.45) is 0.977. The van der Waals surface area contributed by atoms with E-state index in [2.05, 4.69) is 12.2 Å². The highest BCUT2D eigenvalue weighted by atomic mass is 127. The van der Waals surface area contributed by atoms with Crippen molar-refractivity contribution in [2.24, 2.45) is 5.92 Å². The van der Waals surface area contributed by atoms with Gasteiger partial charge in [-0.05, 0) is 41.0 Å². The van der Waals surface area contributed by atoms with Gasteiger partial charge in [-0.1, -0.05) is 6.92 Å². The Morgan fingerprint density at radius 3 is 3.06 bits per heavy atom. The molecule has 2 aliphatic heterocycles. The number of amides is 1. The van der Waals surface area contributed by atoms with Crippen LogP contribution < -0.4 is 10.2 Å². The third-order valence-corrected chi connectivity index (χ3v) is 4.40. The minimum absolute atomic E-state index is 0.0323. The maximum atomic E-state index is 13.6. The van der Waals surface area contributed by atoms with Gasteiger partial charge in [0.15, 0.2) is 0 Å². The molecule has 0 aliphatic carbocycles. The Hall–Kier alpha value is -0.850. The summed E-state index contributed by atoms with van der Waals surface area (Å²) in [7, 11) is 0. The van der Waals surface area contributed by atoms with Crippen LogP contribution in [0.2, 0.25) is 0 Å². The molecule has 0 radical (unpaired) electrons. The van der Waals surface area contributed by atoms with Crippen molar-refractivity contribution in [1.29, 1.82) is 0 Å². The van der Waals surface area contributed by atoms with Crippen molar-refractivity contribution in [3.63, 3.8) is 0 Å². The summed E-state index contributed by atoms with van der Waals surface area (Å²) < 4.78 is 14.1. The Morgan fingerprint density at radius 1 is 1.53 bits per heavy atom. The lowest BCUT2D eigenvalue weighted by atomic mass is 10.00. The first kappa shape index (κ1) is 11.3. The van der Waals surface area contributed by atoms with Crippen LogP contribution in [0.1, 0.15) is 13.3 Å². The topological polar surface area (TPSA) is 32.3 Å². The Bertz CT molecular complexity index is 506. The lowest BCUT2D eigenvalue weighted by molar-refractivity contribution is -0.118. The molecule has 0 saturated carbocycles. The molecule has 2 aliphatic rings. The predicted molar refractivity (Wildman–Crippen MR) is 72.7 cm³/mol. The van der Waals surface area contributed by atoms with Gasteiger partial charge in [-0.25, -0.2) is 4.39 Å². The number of nitrogens with zero attached hydrogens (tertiary/aromatic N) is 1. The van der Waals surface area contributed by atoms with E-state index in [-0.39, 0.29) is 17.8 Å². The molecule has 5 heteroatoms. The van der Waals surface area contributed by atoms with Gasteiger partial charge in [0.1, 0.15) is 11.9 Å². The lowest BCUT2D eigenvalue weighted by Gasteiger charge is -2.34. The van der Waals surface area contributed by atoms with Crippen LogP contribution >= 0.6 is 22.6 Å². The average molecular weight is 346 g/mol. The smallest absolute Gasteiger partial charge is 0.247 e. The normalized spacial score (nSPS) is 26.5. The van der Waals surface area contributed by atoms with Crippen LogP contribution in [-0.2, 0) is 4.79 Å². The zero-order valence-electron chi connectivity index (χ0n) is 9.34. The number of carbonyl (C=O) groups is 1. The Kier molecular flexibility index (Phi) is 2.53. The number of carbonyl (C=O) groups excluding carboxylic acids is 1. The fourth-order valence-electron chi connectivity index (χ4n) is 2.70. The minimum atomic E-state index is -0.223. The molecule has 0 bridgehead atoms. The van der Waals surface area contributed by atoms with Gasteiger partial charge in [-0.3, -0.25) is 4.79 Å². The number of benzene rings is 1. The van der Waals surface area contributed by atoms with Crippen molar-refractivity contribution in [3.05, 3.63) is 21.5 Å². The van der Waals surface area contributed by atoms with Gasteiger partial charge in [0.05, 0.1) is 14.9 Å². The van der Waals surface area contributed by atoms with Crippen LogP contribution in [0.3, 0.4) is 0 Å². The monoisotopic (exact) mass is 346 g/mol. The quantitative estimate of drug-likeness (QED) is 0.733. The van der Waals surface area contributed by atoms with Crippen LogP contribution in [0.4, 0.5) is 15.8 Å². The van der Waals surface area contributed by atoms with E-state index in [0.29, 0.717) is 9.49 Å². The van der Waals surface area contributed by atoms with Gasteiger partial charge >= 0.3 is 0 Å². The molecule has 17 heavy (non-hydrogen) atoms. The summed E-state index contributed by atoms with van der Waals surface area (Å²) in [5, 5.41) is 2.88. The predicted octanol–water partition coefficient (Wildman–Crippen LogP) is 2.60. The number of fused-ring (bicyclic) bond motifs is 3. The number of halogens is 2. The first-order valence-corrected chi connectivity index (χ1v) is 6.72. The standard InChI is InChI=1S/C12H12FIN2O/c1-6-2-3-16-10-4-7(13)8(14)5-9(10)15-12(17)11(6)16/h4-6,11H,2-3H2,1H3,(H,15,17). The fourth-order valence-corrected chi connectivity index (χ4v) is 3.16. The maximum absolute atomic E-state index is 13.6. The van der Waals surface area contributed by atoms with Gasteiger partial charge in [0, 0.05) is 12.6 Å². The highest BCUT2D eigenvalue weighted by Gasteiger charge is 2.41. The van der Waals surface area contributed by atoms with E-state index >= 15 is 0 Å². The molecular formula is C12H12FIN2O. The number of hydrogen-bond donors (Lipinski definition) is 1. The summed E-state index contributed by atoms with van der Waals surface area (Å²) in [6.45, 7) is 2.89. The first-order valence-electron chi connectivity index (χ1n) is 5.64. The molecule has 1 N–H and O–H groups in total. The van der Waals surface area contributed by atoms with Gasteiger partial charge < -0.3 is 10.2 Å². The molecular weight excluding hydrogens is 334 g/mol. The van der Waals surface area contributed by atoms with Crippen molar-refractivity contribution >= 4 is 39.9 Å². The molecule has 1 aromatic carbocycles. The molecule has 2 unspecified atom stereocenters. The van der Waals surface area contributed by atoms with Gasteiger partial charge in [0.25, 0.3) is 0 Å². The number of nitrogens with one attached hydrogen (secondary N) is 1. The summed E-state index contributed by atoms with van der Waals surface area (Å²) in [5.41, 5.74) is 1.54. The second kappa shape index (κ2) is 3.83. The number of hydrogen-bond acceptors (Lipinski definition) is 2. The molecule has 3 nitrogen and oxygen atoms in total. The molecule has 1 fully saturated rings. The van der Waals surface area contributed by atoms with Crippen LogP contribution in [0, 0.1) is 15.3 Å². The van der Waals surface area contributed by atoms with Gasteiger partial charge in [-0.2, -0.15) is 0 Å². The second-order valence-corrected chi connectivity index (χ2v) is 5.84. The van der Waals surface area contributed by atoms with Crippen molar-refractivity contribution < 1.29 is 9.18 Å². The Labute approximate surface area is 113 Å². The zero-order valence-corrected chi connectivity index (χ0v) is 11.5. The maximum Gasteiger partial charge on any atom is 0.247 e. The molecule has 3 rings (SSSR count). The van der Waals surface area contributed by atoms with E-state index < -0.39 is 0 Å². The van der Waals surface area contributed by atoms with Crippen molar-refractivity contribution in [2.75, 3.05) is 16.8 Å². The van der Waals surface area contributed by atoms with E-state index in [9.17, 15) is 9.18 Å². The van der Waals surface area contributed by atoms with E-state index in [0.717, 1.165) is 24.3 Å². The zero-order chi connectivity index (χ0) is 12.2. The summed E-state index contributed by atoms with van der Waals surface area (Å²) >= 11 is 1.94. The van der Waals surface area contributed by atoms with E-state index in [4.69, 9.17) is 0 Å². The Balaban J connectivity index is 2.12. The van der Waals surface area contributed by atoms with Crippen LogP contribution in [-0.4, -0.2) is 18.5 Å². The summed E-state index contributed by atoms with van der Waals surface area (Å²) in [6, 6.07) is 3.09. The van der Waals surface area contributed by atoms with E-state index in [1.165, 1.54) is 6.07 Å². The molecule has 2 heterocycles. The van der Waals surface area contributed by atoms with Crippen LogP contribution in [0.25, 0.3) is 0 Å². The van der Waals surface area contributed by atoms with E-state index in [1.807, 2.05) is 27.5 Å². The molecule has 90 valence electrons. The van der Waals surface area contributed by atoms with Crippen molar-refractivity contribution in [2.45, 2.75) is 19.4 Å². The third-order valence-electron chi connectivity index (χ3n) is 3.57. The number of anilines is 2. The largest absolute Gasteiger partial charge is 0.358 e. The Morgan fingerprint density at radius 2 is 2.29 bits per heavy atom. The molecule has 1 saturated heterocycles. The number of rotatable bonds is 0. The molecule has 0 aromatic heterocycles. The molecule has 1 aromatic rings. The SMILES string of the molecule is CC1CCN2c3cc(F)c(I)cc3NC(=O)C12. The van der Waals surface area contributed by atoms with Crippen LogP contribution in [0.5, 0.6) is 0 Å². The highest BCUT2D eigenvalue weighted by molar-refractivity contribution is 14.1. The highest BCUT2D eigenvalue weighted by Crippen LogP contribution is 2.40. The van der Waals surface area contributed by atoms with E-state index in [1.54, 1.807) is 6.07 Å². The van der Waals surface area contributed by atoms with Crippen molar-refractivity contribution in [3.8, 4) is 0 Å². The van der Waals surface area contributed by atoms with Crippen molar-refractivity contribution in [1.82, 2.24) is 0 Å². The molecule has 0 spiro atoms. The molecule has 1 amide bonds. The lowest BCUT2D eigenvalue weighted by Crippen LogP contribution is -2.46. The average Bonchev–Trinajstić information content (AvgIpc) is 2.65. The summed E-state index contributed by atoms with van der Waals surface area (Å²) in [4.78, 5) is 14.0.